The first-order chi connectivity index (χ1) is 26.8. The SMILES string of the molecule is CC(C)C[C@H](NC(=O)[C@H](CCc1ccccc1)CC(=O)CCCCCN1CCCCC1)C(=O)C[C@@H](Cc1ccccc1)C(=O)N[C@@H](CC(C)C)C(=O)C1(C)CC1. The van der Waals surface area contributed by atoms with Gasteiger partial charge in [0.2, 0.25) is 11.8 Å². The average Bonchev–Trinajstić information content (AvgIpc) is 3.94. The Balaban J connectivity index is 1.45. The van der Waals surface area contributed by atoms with Crippen LogP contribution in [-0.2, 0) is 36.8 Å². The monoisotopic (exact) mass is 770 g/mol. The lowest BCUT2D eigenvalue weighted by Gasteiger charge is -2.27. The third kappa shape index (κ3) is 15.7. The maximum absolute atomic E-state index is 14.3. The number of ketones is 3. The van der Waals surface area contributed by atoms with Gasteiger partial charge in [-0.15, -0.1) is 0 Å². The Labute approximate surface area is 337 Å². The van der Waals surface area contributed by atoms with Crippen LogP contribution in [0.1, 0.15) is 136 Å². The van der Waals surface area contributed by atoms with Gasteiger partial charge < -0.3 is 15.5 Å². The molecule has 1 heterocycles. The summed E-state index contributed by atoms with van der Waals surface area (Å²) in [5.41, 5.74) is 1.64. The predicted octanol–water partition coefficient (Wildman–Crippen LogP) is 8.49. The number of nitrogens with one attached hydrogen (secondary N) is 2. The zero-order chi connectivity index (χ0) is 40.5. The van der Waals surface area contributed by atoms with Gasteiger partial charge in [-0.25, -0.2) is 0 Å². The van der Waals surface area contributed by atoms with E-state index < -0.39 is 29.3 Å². The van der Waals surface area contributed by atoms with E-state index in [9.17, 15) is 24.0 Å². The Hall–Kier alpha value is -3.65. The Kier molecular flexibility index (Phi) is 18.4. The molecule has 1 saturated heterocycles. The summed E-state index contributed by atoms with van der Waals surface area (Å²) in [5, 5.41) is 6.18. The molecule has 2 N–H and O–H groups in total. The van der Waals surface area contributed by atoms with Crippen LogP contribution in [0.2, 0.25) is 0 Å². The van der Waals surface area contributed by atoms with Crippen molar-refractivity contribution in [1.82, 2.24) is 15.5 Å². The minimum absolute atomic E-state index is 0.0662. The van der Waals surface area contributed by atoms with Crippen LogP contribution < -0.4 is 10.6 Å². The molecule has 0 bridgehead atoms. The van der Waals surface area contributed by atoms with E-state index in [0.29, 0.717) is 38.5 Å². The molecule has 0 radical (unpaired) electrons. The van der Waals surface area contributed by atoms with E-state index in [4.69, 9.17) is 0 Å². The van der Waals surface area contributed by atoms with Crippen LogP contribution in [-0.4, -0.2) is 65.8 Å². The number of rotatable bonds is 26. The van der Waals surface area contributed by atoms with Crippen LogP contribution in [0.15, 0.2) is 60.7 Å². The molecular weight excluding hydrogens is 699 g/mol. The highest BCUT2D eigenvalue weighted by atomic mass is 16.2. The molecule has 4 atom stereocenters. The van der Waals surface area contributed by atoms with Crippen molar-refractivity contribution in [2.24, 2.45) is 29.1 Å². The summed E-state index contributed by atoms with van der Waals surface area (Å²) in [6, 6.07) is 18.2. The smallest absolute Gasteiger partial charge is 0.224 e. The van der Waals surface area contributed by atoms with Crippen molar-refractivity contribution in [3.63, 3.8) is 0 Å². The van der Waals surface area contributed by atoms with Crippen molar-refractivity contribution in [3.05, 3.63) is 71.8 Å². The van der Waals surface area contributed by atoms with Crippen LogP contribution >= 0.6 is 0 Å². The summed E-state index contributed by atoms with van der Waals surface area (Å²) in [6.07, 6.45) is 11.4. The fraction of sp³-hybridized carbons (Fsp3) is 0.646. The number of hydrogen-bond acceptors (Lipinski definition) is 6. The molecule has 0 aromatic heterocycles. The topological polar surface area (TPSA) is 113 Å². The van der Waals surface area contributed by atoms with E-state index in [-0.39, 0.29) is 53.8 Å². The van der Waals surface area contributed by atoms with Gasteiger partial charge in [0.15, 0.2) is 11.6 Å². The first-order valence-corrected chi connectivity index (χ1v) is 21.8. The Bertz CT molecular complexity index is 1530. The van der Waals surface area contributed by atoms with Crippen molar-refractivity contribution in [3.8, 4) is 0 Å². The van der Waals surface area contributed by atoms with E-state index in [0.717, 1.165) is 49.8 Å². The lowest BCUT2D eigenvalue weighted by molar-refractivity contribution is -0.135. The van der Waals surface area contributed by atoms with Crippen molar-refractivity contribution >= 4 is 29.2 Å². The number of Topliss-reactive ketones (excluding diaryl/α,β-unsaturated/α-hetero) is 3. The molecule has 8 heteroatoms. The van der Waals surface area contributed by atoms with Gasteiger partial charge in [-0.1, -0.05) is 108 Å². The van der Waals surface area contributed by atoms with E-state index in [1.807, 2.05) is 95.3 Å². The number of aryl methyl sites for hydroxylation is 1. The Morgan fingerprint density at radius 1 is 0.679 bits per heavy atom. The van der Waals surface area contributed by atoms with Gasteiger partial charge in [0.05, 0.1) is 12.1 Å². The van der Waals surface area contributed by atoms with Gasteiger partial charge in [-0.3, -0.25) is 24.0 Å². The summed E-state index contributed by atoms with van der Waals surface area (Å²) in [4.78, 5) is 72.0. The van der Waals surface area contributed by atoms with Crippen molar-refractivity contribution < 1.29 is 24.0 Å². The standard InChI is InChI=1S/C48H71N3O5/c1-35(2)30-42(44(53)34-40(32-38-20-12-7-13-21-38)47(56)50-43(31-36(3)4)45(54)48(5)25-26-48)49-46(55)39(24-23-37-18-10-6-11-19-37)33-41(52)22-14-8-15-27-51-28-16-9-17-29-51/h6-7,10-13,18-21,35-36,39-40,42-43H,8-9,14-17,22-34H2,1-5H3,(H,49,55)(H,50,56)/t39-,40-,42+,43+/m1/s1. The number of piperidine rings is 1. The lowest BCUT2D eigenvalue weighted by atomic mass is 9.87. The molecule has 2 aliphatic rings. The molecule has 2 aromatic carbocycles. The van der Waals surface area contributed by atoms with Crippen molar-refractivity contribution in [2.75, 3.05) is 19.6 Å². The van der Waals surface area contributed by atoms with Gasteiger partial charge in [0.25, 0.3) is 0 Å². The number of carbonyl (C=O) groups excluding carboxylic acids is 5. The zero-order valence-electron chi connectivity index (χ0n) is 35.2. The number of nitrogens with zero attached hydrogens (tertiary/aromatic N) is 1. The molecule has 308 valence electrons. The summed E-state index contributed by atoms with van der Waals surface area (Å²) in [5.74, 6) is -1.58. The molecule has 2 aromatic rings. The third-order valence-corrected chi connectivity index (χ3v) is 11.8. The second-order valence-corrected chi connectivity index (χ2v) is 18.0. The second-order valence-electron chi connectivity index (χ2n) is 18.0. The van der Waals surface area contributed by atoms with E-state index in [1.165, 1.54) is 32.4 Å². The fourth-order valence-corrected chi connectivity index (χ4v) is 8.13. The first-order valence-electron chi connectivity index (χ1n) is 21.8. The molecule has 0 unspecified atom stereocenters. The maximum atomic E-state index is 14.3. The summed E-state index contributed by atoms with van der Waals surface area (Å²) in [6.45, 7) is 13.5. The number of hydrogen-bond donors (Lipinski definition) is 2. The third-order valence-electron chi connectivity index (χ3n) is 11.8. The van der Waals surface area contributed by atoms with Gasteiger partial charge in [-0.2, -0.15) is 0 Å². The average molecular weight is 770 g/mol. The quantitative estimate of drug-likeness (QED) is 0.0929. The van der Waals surface area contributed by atoms with Crippen LogP contribution in [0.25, 0.3) is 0 Å². The number of amides is 2. The zero-order valence-corrected chi connectivity index (χ0v) is 35.2. The second kappa shape index (κ2) is 22.9. The molecule has 2 amide bonds. The Morgan fingerprint density at radius 3 is 1.86 bits per heavy atom. The molecular formula is C48H71N3O5. The molecule has 56 heavy (non-hydrogen) atoms. The highest BCUT2D eigenvalue weighted by Gasteiger charge is 2.48. The highest BCUT2D eigenvalue weighted by Crippen LogP contribution is 2.47. The molecule has 0 spiro atoms. The molecule has 2 fully saturated rings. The van der Waals surface area contributed by atoms with Gasteiger partial charge in [-0.05, 0) is 113 Å². The summed E-state index contributed by atoms with van der Waals surface area (Å²) < 4.78 is 0. The molecule has 1 saturated carbocycles. The Morgan fingerprint density at radius 2 is 1.25 bits per heavy atom. The van der Waals surface area contributed by atoms with Gasteiger partial charge in [0.1, 0.15) is 5.78 Å². The largest absolute Gasteiger partial charge is 0.346 e. The van der Waals surface area contributed by atoms with Crippen LogP contribution in [0.4, 0.5) is 0 Å². The van der Waals surface area contributed by atoms with E-state index in [1.54, 1.807) is 0 Å². The highest BCUT2D eigenvalue weighted by molar-refractivity contribution is 5.97. The number of benzene rings is 2. The van der Waals surface area contributed by atoms with E-state index in [2.05, 4.69) is 15.5 Å². The van der Waals surface area contributed by atoms with Crippen LogP contribution in [0.5, 0.6) is 0 Å². The van der Waals surface area contributed by atoms with Crippen molar-refractivity contribution in [2.45, 2.75) is 149 Å². The number of carbonyl (C=O) groups is 5. The van der Waals surface area contributed by atoms with Crippen LogP contribution in [0, 0.1) is 29.1 Å². The minimum Gasteiger partial charge on any atom is -0.346 e. The normalized spacial score (nSPS) is 17.5. The summed E-state index contributed by atoms with van der Waals surface area (Å²) in [7, 11) is 0. The molecule has 1 aliphatic heterocycles. The lowest BCUT2D eigenvalue weighted by Crippen LogP contribution is -2.49. The predicted molar refractivity (Wildman–Crippen MR) is 225 cm³/mol. The summed E-state index contributed by atoms with van der Waals surface area (Å²) >= 11 is 0. The molecule has 1 aliphatic carbocycles. The van der Waals surface area contributed by atoms with Crippen LogP contribution in [0.3, 0.4) is 0 Å². The minimum atomic E-state index is -0.795. The molecule has 8 nitrogen and oxygen atoms in total. The molecule has 4 rings (SSSR count). The van der Waals surface area contributed by atoms with Crippen molar-refractivity contribution in [1.29, 1.82) is 0 Å². The number of unbranched alkanes of at least 4 members (excludes halogenated alkanes) is 2. The number of likely N-dealkylation sites (tertiary alicyclic amines) is 1. The fourth-order valence-electron chi connectivity index (χ4n) is 8.13. The maximum Gasteiger partial charge on any atom is 0.224 e. The van der Waals surface area contributed by atoms with E-state index >= 15 is 0 Å². The van der Waals surface area contributed by atoms with Gasteiger partial charge >= 0.3 is 0 Å². The van der Waals surface area contributed by atoms with Gasteiger partial charge in [0, 0.05) is 36.5 Å². The first kappa shape index (κ1) is 45.1.